The van der Waals surface area contributed by atoms with Crippen molar-refractivity contribution in [3.8, 4) is 0 Å². The van der Waals surface area contributed by atoms with E-state index >= 15 is 0 Å². The molecule has 0 aromatic heterocycles. The van der Waals surface area contributed by atoms with Gasteiger partial charge in [0.25, 0.3) is 5.91 Å². The van der Waals surface area contributed by atoms with Gasteiger partial charge in [-0.3, -0.25) is 4.79 Å². The summed E-state index contributed by atoms with van der Waals surface area (Å²) in [5.74, 6) is -0.259. The van der Waals surface area contributed by atoms with Gasteiger partial charge in [0.2, 0.25) is 0 Å². The van der Waals surface area contributed by atoms with Gasteiger partial charge < -0.3 is 14.8 Å². The Bertz CT molecular complexity index is 1090. The second kappa shape index (κ2) is 10.1. The zero-order valence-corrected chi connectivity index (χ0v) is 17.3. The quantitative estimate of drug-likeness (QED) is 0.581. The van der Waals surface area contributed by atoms with E-state index in [1.165, 1.54) is 0 Å². The lowest BCUT2D eigenvalue weighted by Gasteiger charge is -2.24. The Balaban J connectivity index is 2.01. The van der Waals surface area contributed by atoms with Crippen LogP contribution < -0.4 is 15.8 Å². The van der Waals surface area contributed by atoms with E-state index in [2.05, 4.69) is 10.7 Å². The average molecular weight is 421 g/mol. The predicted molar refractivity (Wildman–Crippen MR) is 118 cm³/mol. The van der Waals surface area contributed by atoms with E-state index in [1.807, 2.05) is 18.2 Å². The average Bonchev–Trinajstić information content (AvgIpc) is 2.79. The highest BCUT2D eigenvalue weighted by molar-refractivity contribution is 6.12. The highest BCUT2D eigenvalue weighted by atomic mass is 16.6. The highest BCUT2D eigenvalue weighted by Gasteiger charge is 2.23. The van der Waals surface area contributed by atoms with Gasteiger partial charge in [-0.15, -0.1) is 0 Å². The van der Waals surface area contributed by atoms with E-state index in [0.717, 1.165) is 5.01 Å². The lowest BCUT2D eigenvalue weighted by atomic mass is 10.1. The third-order valence-corrected chi connectivity index (χ3v) is 4.36. The Hall–Kier alpha value is -4.07. The molecule has 0 heterocycles. The molecule has 160 valence electrons. The molecule has 3 aromatic carbocycles. The second-order valence-corrected chi connectivity index (χ2v) is 6.36. The normalized spacial score (nSPS) is 10.3. The minimum Gasteiger partial charge on any atom is -0.449 e. The SMILES string of the molecule is CCOC(=O)NN(C(=O)OCC)c1ccc(NC(=O)c2ccccc2)c2ccccc12. The van der Waals surface area contributed by atoms with Gasteiger partial charge in [-0.1, -0.05) is 42.5 Å². The highest BCUT2D eigenvalue weighted by Crippen LogP contribution is 2.32. The Labute approximate surface area is 179 Å². The Morgan fingerprint density at radius 1 is 0.806 bits per heavy atom. The maximum absolute atomic E-state index is 12.6. The van der Waals surface area contributed by atoms with Crippen molar-refractivity contribution in [2.75, 3.05) is 23.5 Å². The molecule has 3 amide bonds. The fourth-order valence-corrected chi connectivity index (χ4v) is 3.02. The molecule has 0 fully saturated rings. The Morgan fingerprint density at radius 3 is 2.13 bits per heavy atom. The summed E-state index contributed by atoms with van der Waals surface area (Å²) in [7, 11) is 0. The number of hydrogen-bond acceptors (Lipinski definition) is 5. The van der Waals surface area contributed by atoms with Gasteiger partial charge in [-0.25, -0.2) is 15.0 Å². The first kappa shape index (κ1) is 21.6. The molecule has 3 aromatic rings. The van der Waals surface area contributed by atoms with E-state index in [-0.39, 0.29) is 19.1 Å². The molecular formula is C23H23N3O5. The Morgan fingerprint density at radius 2 is 1.45 bits per heavy atom. The molecule has 0 unspecified atom stereocenters. The topological polar surface area (TPSA) is 97.0 Å². The van der Waals surface area contributed by atoms with Crippen LogP contribution in [0.15, 0.2) is 66.7 Å². The monoisotopic (exact) mass is 421 g/mol. The number of nitrogens with one attached hydrogen (secondary N) is 2. The number of carbonyl (C=O) groups is 3. The molecule has 0 bridgehead atoms. The molecule has 8 nitrogen and oxygen atoms in total. The standard InChI is InChI=1S/C23H23N3O5/c1-3-30-22(28)25-26(23(29)31-4-2)20-15-14-19(17-12-8-9-13-18(17)20)24-21(27)16-10-6-5-7-11-16/h5-15H,3-4H2,1-2H3,(H,24,27)(H,25,28). The zero-order chi connectivity index (χ0) is 22.2. The fourth-order valence-electron chi connectivity index (χ4n) is 3.02. The lowest BCUT2D eigenvalue weighted by molar-refractivity contribution is 0.102. The van der Waals surface area contributed by atoms with Crippen molar-refractivity contribution in [2.24, 2.45) is 0 Å². The second-order valence-electron chi connectivity index (χ2n) is 6.36. The van der Waals surface area contributed by atoms with Gasteiger partial charge in [0.15, 0.2) is 0 Å². The van der Waals surface area contributed by atoms with Crippen LogP contribution in [0.5, 0.6) is 0 Å². The fraction of sp³-hybridized carbons (Fsp3) is 0.174. The van der Waals surface area contributed by atoms with Crippen molar-refractivity contribution >= 4 is 40.2 Å². The smallest absolute Gasteiger partial charge is 0.433 e. The van der Waals surface area contributed by atoms with E-state index in [9.17, 15) is 14.4 Å². The number of ether oxygens (including phenoxy) is 2. The number of hydrazine groups is 1. The van der Waals surface area contributed by atoms with Crippen molar-refractivity contribution in [3.63, 3.8) is 0 Å². The van der Waals surface area contributed by atoms with Crippen molar-refractivity contribution in [2.45, 2.75) is 13.8 Å². The largest absolute Gasteiger partial charge is 0.449 e. The third-order valence-electron chi connectivity index (χ3n) is 4.36. The molecule has 2 N–H and O–H groups in total. The van der Waals surface area contributed by atoms with Crippen LogP contribution in [0.2, 0.25) is 0 Å². The number of benzene rings is 3. The molecule has 0 aliphatic carbocycles. The minimum atomic E-state index is -0.791. The van der Waals surface area contributed by atoms with Crippen molar-refractivity contribution in [3.05, 3.63) is 72.3 Å². The third kappa shape index (κ3) is 5.11. The molecular weight excluding hydrogens is 398 g/mol. The molecule has 0 aliphatic heterocycles. The Kier molecular flexibility index (Phi) is 7.05. The summed E-state index contributed by atoms with van der Waals surface area (Å²) in [6, 6.07) is 19.3. The van der Waals surface area contributed by atoms with Gasteiger partial charge in [-0.2, -0.15) is 5.01 Å². The molecule has 0 saturated carbocycles. The summed E-state index contributed by atoms with van der Waals surface area (Å²) in [5.41, 5.74) is 3.87. The van der Waals surface area contributed by atoms with E-state index in [0.29, 0.717) is 27.7 Å². The maximum Gasteiger partial charge on any atom is 0.433 e. The summed E-state index contributed by atoms with van der Waals surface area (Å²) >= 11 is 0. The zero-order valence-electron chi connectivity index (χ0n) is 17.3. The van der Waals surface area contributed by atoms with Gasteiger partial charge in [0, 0.05) is 22.0 Å². The summed E-state index contributed by atoms with van der Waals surface area (Å²) in [6.07, 6.45) is -1.55. The van der Waals surface area contributed by atoms with E-state index < -0.39 is 12.2 Å². The first-order valence-corrected chi connectivity index (χ1v) is 9.83. The van der Waals surface area contributed by atoms with Crippen LogP contribution in [-0.4, -0.2) is 31.3 Å². The first-order valence-electron chi connectivity index (χ1n) is 9.83. The molecule has 0 spiro atoms. The van der Waals surface area contributed by atoms with Crippen molar-refractivity contribution < 1.29 is 23.9 Å². The van der Waals surface area contributed by atoms with Crippen LogP contribution in [0.25, 0.3) is 10.8 Å². The number of fused-ring (bicyclic) bond motifs is 1. The van der Waals surface area contributed by atoms with Gasteiger partial charge in [0.05, 0.1) is 18.9 Å². The number of nitrogens with zero attached hydrogens (tertiary/aromatic N) is 1. The van der Waals surface area contributed by atoms with E-state index in [1.54, 1.807) is 62.4 Å². The number of amides is 3. The number of anilines is 2. The van der Waals surface area contributed by atoms with Crippen LogP contribution in [0.4, 0.5) is 21.0 Å². The number of hydrogen-bond donors (Lipinski definition) is 2. The van der Waals surface area contributed by atoms with Crippen molar-refractivity contribution in [1.29, 1.82) is 0 Å². The minimum absolute atomic E-state index is 0.128. The summed E-state index contributed by atoms with van der Waals surface area (Å²) in [4.78, 5) is 37.2. The number of rotatable bonds is 5. The molecule has 0 radical (unpaired) electrons. The number of carbonyl (C=O) groups excluding carboxylic acids is 3. The lowest BCUT2D eigenvalue weighted by Crippen LogP contribution is -2.47. The molecule has 0 saturated heterocycles. The molecule has 31 heavy (non-hydrogen) atoms. The van der Waals surface area contributed by atoms with Crippen LogP contribution in [-0.2, 0) is 9.47 Å². The molecule has 8 heteroatoms. The van der Waals surface area contributed by atoms with Gasteiger partial charge in [0.1, 0.15) is 0 Å². The molecule has 0 aliphatic rings. The van der Waals surface area contributed by atoms with Crippen molar-refractivity contribution in [1.82, 2.24) is 5.43 Å². The first-order chi connectivity index (χ1) is 15.0. The van der Waals surface area contributed by atoms with Crippen LogP contribution in [0.1, 0.15) is 24.2 Å². The molecule has 0 atom stereocenters. The summed E-state index contributed by atoms with van der Waals surface area (Å²) in [6.45, 7) is 3.60. The summed E-state index contributed by atoms with van der Waals surface area (Å²) in [5, 5.41) is 5.20. The van der Waals surface area contributed by atoms with Gasteiger partial charge >= 0.3 is 12.2 Å². The van der Waals surface area contributed by atoms with E-state index in [4.69, 9.17) is 9.47 Å². The predicted octanol–water partition coefficient (Wildman–Crippen LogP) is 4.72. The summed E-state index contributed by atoms with van der Waals surface area (Å²) < 4.78 is 9.99. The van der Waals surface area contributed by atoms with Crippen LogP contribution >= 0.6 is 0 Å². The maximum atomic E-state index is 12.6. The van der Waals surface area contributed by atoms with Crippen LogP contribution in [0, 0.1) is 0 Å². The van der Waals surface area contributed by atoms with Gasteiger partial charge in [-0.05, 0) is 38.1 Å². The van der Waals surface area contributed by atoms with Crippen LogP contribution in [0.3, 0.4) is 0 Å². The molecule has 3 rings (SSSR count).